The lowest BCUT2D eigenvalue weighted by Gasteiger charge is -1.94. The third kappa shape index (κ3) is 4.37. The molecule has 0 heterocycles. The van der Waals surface area contributed by atoms with Gasteiger partial charge in [-0.3, -0.25) is 0 Å². The first-order valence-corrected chi connectivity index (χ1v) is 3.66. The summed E-state index contributed by atoms with van der Waals surface area (Å²) in [5.74, 6) is -0.854. The van der Waals surface area contributed by atoms with Gasteiger partial charge in [-0.2, -0.15) is 0 Å². The highest BCUT2D eigenvalue weighted by Gasteiger charge is 2.00. The molecule has 0 atom stereocenters. The molecule has 2 heteroatoms. The van der Waals surface area contributed by atoms with Gasteiger partial charge in [0.1, 0.15) is 0 Å². The van der Waals surface area contributed by atoms with Gasteiger partial charge in [0.05, 0.1) is 5.57 Å². The second-order valence-corrected chi connectivity index (χ2v) is 2.59. The number of carbonyl (C=O) groups is 1. The van der Waals surface area contributed by atoms with Crippen LogP contribution in [0.3, 0.4) is 0 Å². The molecule has 62 valence electrons. The van der Waals surface area contributed by atoms with E-state index < -0.39 is 5.97 Å². The van der Waals surface area contributed by atoms with Crippen molar-refractivity contribution in [3.63, 3.8) is 0 Å². The van der Waals surface area contributed by atoms with Gasteiger partial charge >= 0.3 is 5.97 Å². The molecule has 0 aromatic rings. The summed E-state index contributed by atoms with van der Waals surface area (Å²) in [5, 5.41) is 8.64. The fourth-order valence-electron chi connectivity index (χ4n) is 0.739. The van der Waals surface area contributed by atoms with Gasteiger partial charge in [-0.15, -0.1) is 0 Å². The molecule has 0 aliphatic rings. The summed E-state index contributed by atoms with van der Waals surface area (Å²) in [7, 11) is 0. The summed E-state index contributed by atoms with van der Waals surface area (Å²) in [6, 6.07) is 0. The van der Waals surface area contributed by atoms with Crippen LogP contribution in [0.2, 0.25) is 0 Å². The van der Waals surface area contributed by atoms with Gasteiger partial charge in [0.15, 0.2) is 0 Å². The molecule has 0 saturated heterocycles. The molecule has 0 unspecified atom stereocenters. The normalized spacial score (nSPS) is 11.0. The van der Waals surface area contributed by atoms with Gasteiger partial charge in [0, 0.05) is 0 Å². The van der Waals surface area contributed by atoms with Crippen LogP contribution < -0.4 is 0 Å². The lowest BCUT2D eigenvalue weighted by atomic mass is 10.1. The van der Waals surface area contributed by atoms with E-state index in [1.165, 1.54) is 0 Å². The fraction of sp³-hybridized carbons (Fsp3) is 0.444. The van der Waals surface area contributed by atoms with Crippen LogP contribution >= 0.6 is 0 Å². The molecule has 0 fully saturated rings. The van der Waals surface area contributed by atoms with Crippen LogP contribution in [-0.4, -0.2) is 11.1 Å². The Kier molecular flexibility index (Phi) is 4.27. The molecule has 0 radical (unpaired) electrons. The first-order valence-electron chi connectivity index (χ1n) is 3.66. The Balaban J connectivity index is 4.50. The summed E-state index contributed by atoms with van der Waals surface area (Å²) in [4.78, 5) is 10.5. The predicted octanol–water partition coefficient (Wildman–Crippen LogP) is 2.37. The number of hydrogen-bond donors (Lipinski definition) is 1. The highest BCUT2D eigenvalue weighted by Crippen LogP contribution is 2.03. The molecule has 11 heavy (non-hydrogen) atoms. The van der Waals surface area contributed by atoms with Crippen molar-refractivity contribution in [1.82, 2.24) is 0 Å². The number of allylic oxidation sites excluding steroid dienone is 2. The topological polar surface area (TPSA) is 37.3 Å². The largest absolute Gasteiger partial charge is 0.478 e. The Morgan fingerprint density at radius 2 is 2.00 bits per heavy atom. The summed E-state index contributed by atoms with van der Waals surface area (Å²) in [6.07, 6.45) is 4.13. The Hall–Kier alpha value is -1.05. The molecular formula is C9H14O2. The molecule has 0 aromatic carbocycles. The average molecular weight is 154 g/mol. The minimum absolute atomic E-state index is 0.382. The number of hydrogen-bond acceptors (Lipinski definition) is 1. The fourth-order valence-corrected chi connectivity index (χ4v) is 0.739. The van der Waals surface area contributed by atoms with Gasteiger partial charge in [-0.1, -0.05) is 18.6 Å². The highest BCUT2D eigenvalue weighted by molar-refractivity contribution is 5.89. The van der Waals surface area contributed by atoms with Crippen molar-refractivity contribution < 1.29 is 9.90 Å². The van der Waals surface area contributed by atoms with Crippen molar-refractivity contribution in [3.05, 3.63) is 23.3 Å². The van der Waals surface area contributed by atoms with Crippen LogP contribution in [0, 0.1) is 0 Å². The van der Waals surface area contributed by atoms with Crippen LogP contribution in [0.15, 0.2) is 23.3 Å². The maximum atomic E-state index is 10.5. The Labute approximate surface area is 67.2 Å². The third-order valence-corrected chi connectivity index (χ3v) is 1.12. The molecule has 1 N–H and O–H groups in total. The van der Waals surface area contributed by atoms with Gasteiger partial charge in [0.2, 0.25) is 0 Å². The van der Waals surface area contributed by atoms with Gasteiger partial charge in [-0.05, 0) is 26.3 Å². The summed E-state index contributed by atoms with van der Waals surface area (Å²) in [6.45, 7) is 5.68. The summed E-state index contributed by atoms with van der Waals surface area (Å²) < 4.78 is 0. The smallest absolute Gasteiger partial charge is 0.335 e. The first-order chi connectivity index (χ1) is 5.07. The zero-order valence-electron chi connectivity index (χ0n) is 7.22. The maximum Gasteiger partial charge on any atom is 0.335 e. The zero-order valence-corrected chi connectivity index (χ0v) is 7.22. The van der Waals surface area contributed by atoms with E-state index >= 15 is 0 Å². The monoisotopic (exact) mass is 154 g/mol. The molecule has 0 aliphatic heterocycles. The standard InChI is InChI=1S/C9H14O2/c1-4-5-8(9(10)11)6-7(2)3/h5-6H,4H2,1-3H3,(H,10,11)/b8-5+. The molecule has 0 aliphatic carbocycles. The van der Waals surface area contributed by atoms with Crippen molar-refractivity contribution in [3.8, 4) is 0 Å². The molecule has 0 rings (SSSR count). The quantitative estimate of drug-likeness (QED) is 0.500. The number of rotatable bonds is 3. The molecule has 0 saturated carbocycles. The summed E-state index contributed by atoms with van der Waals surface area (Å²) in [5.41, 5.74) is 1.39. The predicted molar refractivity (Wildman–Crippen MR) is 45.4 cm³/mol. The van der Waals surface area contributed by atoms with Crippen LogP contribution in [-0.2, 0) is 4.79 Å². The van der Waals surface area contributed by atoms with Crippen LogP contribution in [0.1, 0.15) is 27.2 Å². The number of aliphatic carboxylic acids is 1. The zero-order chi connectivity index (χ0) is 8.85. The molecule has 0 bridgehead atoms. The van der Waals surface area contributed by atoms with Crippen molar-refractivity contribution in [1.29, 1.82) is 0 Å². The van der Waals surface area contributed by atoms with Crippen molar-refractivity contribution in [2.45, 2.75) is 27.2 Å². The van der Waals surface area contributed by atoms with Crippen LogP contribution in [0.4, 0.5) is 0 Å². The van der Waals surface area contributed by atoms with Crippen molar-refractivity contribution in [2.24, 2.45) is 0 Å². The van der Waals surface area contributed by atoms with Gasteiger partial charge < -0.3 is 5.11 Å². The first kappa shape index (κ1) is 9.95. The van der Waals surface area contributed by atoms with Crippen molar-refractivity contribution >= 4 is 5.97 Å². The maximum absolute atomic E-state index is 10.5. The SMILES string of the molecule is CC/C=C(\C=C(C)C)C(=O)O. The second kappa shape index (κ2) is 4.72. The van der Waals surface area contributed by atoms with Crippen molar-refractivity contribution in [2.75, 3.05) is 0 Å². The lowest BCUT2D eigenvalue weighted by Crippen LogP contribution is -1.97. The average Bonchev–Trinajstić information content (AvgIpc) is 1.86. The molecule has 2 nitrogen and oxygen atoms in total. The van der Waals surface area contributed by atoms with E-state index in [2.05, 4.69) is 0 Å². The minimum atomic E-state index is -0.854. The van der Waals surface area contributed by atoms with E-state index in [0.29, 0.717) is 5.57 Å². The van der Waals surface area contributed by atoms with E-state index in [9.17, 15) is 4.79 Å². The Bertz CT molecular complexity index is 196. The molecular weight excluding hydrogens is 140 g/mol. The highest BCUT2D eigenvalue weighted by atomic mass is 16.4. The number of carboxylic acids is 1. The lowest BCUT2D eigenvalue weighted by molar-refractivity contribution is -0.132. The molecule has 0 spiro atoms. The van der Waals surface area contributed by atoms with E-state index in [-0.39, 0.29) is 0 Å². The second-order valence-electron chi connectivity index (χ2n) is 2.59. The van der Waals surface area contributed by atoms with Gasteiger partial charge in [-0.25, -0.2) is 4.79 Å². The molecule has 0 aromatic heterocycles. The summed E-state index contributed by atoms with van der Waals surface area (Å²) >= 11 is 0. The third-order valence-electron chi connectivity index (χ3n) is 1.12. The van der Waals surface area contributed by atoms with E-state index in [1.54, 1.807) is 12.2 Å². The van der Waals surface area contributed by atoms with E-state index in [1.807, 2.05) is 20.8 Å². The Morgan fingerprint density at radius 3 is 2.27 bits per heavy atom. The molecule has 0 amide bonds. The van der Waals surface area contributed by atoms with Crippen LogP contribution in [0.5, 0.6) is 0 Å². The minimum Gasteiger partial charge on any atom is -0.478 e. The van der Waals surface area contributed by atoms with E-state index in [4.69, 9.17) is 5.11 Å². The van der Waals surface area contributed by atoms with E-state index in [0.717, 1.165) is 12.0 Å². The number of carboxylic acid groups (broad SMARTS) is 1. The Morgan fingerprint density at radius 1 is 1.45 bits per heavy atom. The van der Waals surface area contributed by atoms with Gasteiger partial charge in [0.25, 0.3) is 0 Å². The van der Waals surface area contributed by atoms with Crippen LogP contribution in [0.25, 0.3) is 0 Å².